The lowest BCUT2D eigenvalue weighted by molar-refractivity contribution is 0.0786. The van der Waals surface area contributed by atoms with Gasteiger partial charge in [-0.05, 0) is 43.9 Å². The number of pyridine rings is 1. The van der Waals surface area contributed by atoms with Crippen LogP contribution in [-0.2, 0) is 6.54 Å². The smallest absolute Gasteiger partial charge is 0.272 e. The summed E-state index contributed by atoms with van der Waals surface area (Å²) >= 11 is 0. The monoisotopic (exact) mass is 273 g/mol. The molecule has 0 N–H and O–H groups in total. The Morgan fingerprint density at radius 3 is 2.80 bits per heavy atom. The van der Waals surface area contributed by atoms with Gasteiger partial charge in [0.15, 0.2) is 0 Å². The van der Waals surface area contributed by atoms with Crippen molar-refractivity contribution in [2.75, 3.05) is 26.2 Å². The van der Waals surface area contributed by atoms with Crippen molar-refractivity contribution in [1.29, 1.82) is 0 Å². The van der Waals surface area contributed by atoms with Gasteiger partial charge in [-0.3, -0.25) is 9.69 Å². The second-order valence-corrected chi connectivity index (χ2v) is 6.14. The SMILES string of the molecule is C[C@@H]1CCN(Cc2cccc(C(=O)N3CCCC3)n2)C1. The number of amides is 1. The summed E-state index contributed by atoms with van der Waals surface area (Å²) in [5.74, 6) is 0.878. The van der Waals surface area contributed by atoms with Gasteiger partial charge in [0.2, 0.25) is 0 Å². The highest BCUT2D eigenvalue weighted by Gasteiger charge is 2.22. The first-order valence-electron chi connectivity index (χ1n) is 7.70. The highest BCUT2D eigenvalue weighted by Crippen LogP contribution is 2.18. The molecule has 108 valence electrons. The van der Waals surface area contributed by atoms with Gasteiger partial charge in [0.05, 0.1) is 5.69 Å². The van der Waals surface area contributed by atoms with Crippen LogP contribution in [0.4, 0.5) is 0 Å². The van der Waals surface area contributed by atoms with Gasteiger partial charge in [0.25, 0.3) is 5.91 Å². The molecule has 2 aliphatic heterocycles. The van der Waals surface area contributed by atoms with E-state index in [1.165, 1.54) is 6.42 Å². The molecule has 1 aromatic rings. The molecule has 0 unspecified atom stereocenters. The van der Waals surface area contributed by atoms with Gasteiger partial charge < -0.3 is 4.90 Å². The van der Waals surface area contributed by atoms with Crippen molar-refractivity contribution in [2.45, 2.75) is 32.7 Å². The fourth-order valence-corrected chi connectivity index (χ4v) is 3.17. The molecule has 2 aliphatic rings. The topological polar surface area (TPSA) is 36.4 Å². The van der Waals surface area contributed by atoms with E-state index in [0.29, 0.717) is 5.69 Å². The number of rotatable bonds is 3. The Balaban J connectivity index is 1.67. The molecule has 3 heterocycles. The second kappa shape index (κ2) is 5.92. The number of hydrogen-bond donors (Lipinski definition) is 0. The summed E-state index contributed by atoms with van der Waals surface area (Å²) < 4.78 is 0. The highest BCUT2D eigenvalue weighted by molar-refractivity contribution is 5.92. The van der Waals surface area contributed by atoms with Crippen LogP contribution in [0.1, 0.15) is 42.4 Å². The summed E-state index contributed by atoms with van der Waals surface area (Å²) in [6.07, 6.45) is 3.51. The minimum Gasteiger partial charge on any atom is -0.337 e. The molecule has 2 saturated heterocycles. The third-order valence-electron chi connectivity index (χ3n) is 4.31. The molecular formula is C16H23N3O. The van der Waals surface area contributed by atoms with Crippen molar-refractivity contribution in [3.63, 3.8) is 0 Å². The lowest BCUT2D eigenvalue weighted by Crippen LogP contribution is -2.29. The fourth-order valence-electron chi connectivity index (χ4n) is 3.17. The van der Waals surface area contributed by atoms with E-state index >= 15 is 0 Å². The Hall–Kier alpha value is -1.42. The molecule has 0 spiro atoms. The molecule has 1 amide bonds. The van der Waals surface area contributed by atoms with Crippen molar-refractivity contribution < 1.29 is 4.79 Å². The van der Waals surface area contributed by atoms with Crippen LogP contribution in [0.25, 0.3) is 0 Å². The zero-order chi connectivity index (χ0) is 13.9. The van der Waals surface area contributed by atoms with Gasteiger partial charge in [-0.15, -0.1) is 0 Å². The summed E-state index contributed by atoms with van der Waals surface area (Å²) in [4.78, 5) is 21.3. The molecule has 1 aromatic heterocycles. The first kappa shape index (κ1) is 13.6. The molecule has 0 bridgehead atoms. The van der Waals surface area contributed by atoms with Crippen LogP contribution in [0.5, 0.6) is 0 Å². The third-order valence-corrected chi connectivity index (χ3v) is 4.31. The van der Waals surface area contributed by atoms with Crippen LogP contribution in [0.15, 0.2) is 18.2 Å². The van der Waals surface area contributed by atoms with Crippen LogP contribution in [-0.4, -0.2) is 46.9 Å². The molecule has 20 heavy (non-hydrogen) atoms. The molecule has 4 heteroatoms. The molecule has 2 fully saturated rings. The van der Waals surface area contributed by atoms with Crippen LogP contribution in [0.3, 0.4) is 0 Å². The Morgan fingerprint density at radius 1 is 1.30 bits per heavy atom. The Morgan fingerprint density at radius 2 is 2.10 bits per heavy atom. The summed E-state index contributed by atoms with van der Waals surface area (Å²) in [6, 6.07) is 5.84. The number of likely N-dealkylation sites (tertiary alicyclic amines) is 2. The van der Waals surface area contributed by atoms with Crippen molar-refractivity contribution in [3.05, 3.63) is 29.6 Å². The van der Waals surface area contributed by atoms with E-state index in [9.17, 15) is 4.79 Å². The summed E-state index contributed by atoms with van der Waals surface area (Å²) in [6.45, 7) is 7.22. The Labute approximate surface area is 120 Å². The number of aromatic nitrogens is 1. The Bertz CT molecular complexity index is 482. The van der Waals surface area contributed by atoms with Crippen LogP contribution >= 0.6 is 0 Å². The maximum atomic E-state index is 12.3. The van der Waals surface area contributed by atoms with Crippen LogP contribution < -0.4 is 0 Å². The predicted octanol–water partition coefficient (Wildman–Crippen LogP) is 2.16. The molecule has 0 saturated carbocycles. The number of hydrogen-bond acceptors (Lipinski definition) is 3. The van der Waals surface area contributed by atoms with Crippen molar-refractivity contribution >= 4 is 5.91 Å². The Kier molecular flexibility index (Phi) is 4.01. The largest absolute Gasteiger partial charge is 0.337 e. The van der Waals surface area contributed by atoms with Gasteiger partial charge in [-0.25, -0.2) is 4.98 Å². The predicted molar refractivity (Wildman–Crippen MR) is 78.4 cm³/mol. The van der Waals surface area contributed by atoms with Gasteiger partial charge in [0.1, 0.15) is 5.69 Å². The van der Waals surface area contributed by atoms with E-state index in [-0.39, 0.29) is 5.91 Å². The number of nitrogens with zero attached hydrogens (tertiary/aromatic N) is 3. The molecule has 0 aliphatic carbocycles. The molecule has 3 rings (SSSR count). The summed E-state index contributed by atoms with van der Waals surface area (Å²) in [5, 5.41) is 0. The summed E-state index contributed by atoms with van der Waals surface area (Å²) in [5.41, 5.74) is 1.63. The molecule has 1 atom stereocenters. The minimum absolute atomic E-state index is 0.0964. The summed E-state index contributed by atoms with van der Waals surface area (Å²) in [7, 11) is 0. The molecular weight excluding hydrogens is 250 g/mol. The average molecular weight is 273 g/mol. The van der Waals surface area contributed by atoms with E-state index in [0.717, 1.165) is 57.2 Å². The van der Waals surface area contributed by atoms with E-state index in [2.05, 4.69) is 16.8 Å². The van der Waals surface area contributed by atoms with Gasteiger partial charge in [-0.2, -0.15) is 0 Å². The second-order valence-electron chi connectivity index (χ2n) is 6.14. The maximum absolute atomic E-state index is 12.3. The number of carbonyl (C=O) groups excluding carboxylic acids is 1. The molecule has 4 nitrogen and oxygen atoms in total. The normalized spacial score (nSPS) is 23.4. The van der Waals surface area contributed by atoms with Crippen molar-refractivity contribution in [2.24, 2.45) is 5.92 Å². The lowest BCUT2D eigenvalue weighted by Gasteiger charge is -2.17. The highest BCUT2D eigenvalue weighted by atomic mass is 16.2. The van der Waals surface area contributed by atoms with E-state index in [1.807, 2.05) is 23.1 Å². The standard InChI is InChI=1S/C16H23N3O/c1-13-7-10-18(11-13)12-14-5-4-6-15(17-14)16(20)19-8-2-3-9-19/h4-6,13H,2-3,7-12H2,1H3/t13-/m1/s1. The van der Waals surface area contributed by atoms with Crippen molar-refractivity contribution in [3.8, 4) is 0 Å². The first-order valence-corrected chi connectivity index (χ1v) is 7.70. The average Bonchev–Trinajstić information content (AvgIpc) is 3.10. The fraction of sp³-hybridized carbons (Fsp3) is 0.625. The van der Waals surface area contributed by atoms with Crippen LogP contribution in [0.2, 0.25) is 0 Å². The third kappa shape index (κ3) is 3.01. The lowest BCUT2D eigenvalue weighted by atomic mass is 10.2. The van der Waals surface area contributed by atoms with E-state index in [4.69, 9.17) is 0 Å². The maximum Gasteiger partial charge on any atom is 0.272 e. The van der Waals surface area contributed by atoms with Crippen LogP contribution in [0, 0.1) is 5.92 Å². The van der Waals surface area contributed by atoms with Crippen molar-refractivity contribution in [1.82, 2.24) is 14.8 Å². The van der Waals surface area contributed by atoms with Gasteiger partial charge in [-0.1, -0.05) is 13.0 Å². The zero-order valence-electron chi connectivity index (χ0n) is 12.2. The number of carbonyl (C=O) groups is 1. The van der Waals surface area contributed by atoms with E-state index < -0.39 is 0 Å². The molecule has 0 radical (unpaired) electrons. The van der Waals surface area contributed by atoms with Gasteiger partial charge in [0, 0.05) is 26.2 Å². The molecule has 0 aromatic carbocycles. The zero-order valence-corrected chi connectivity index (χ0v) is 12.2. The van der Waals surface area contributed by atoms with E-state index in [1.54, 1.807) is 0 Å². The first-order chi connectivity index (χ1) is 9.72. The minimum atomic E-state index is 0.0964. The quantitative estimate of drug-likeness (QED) is 0.847. The van der Waals surface area contributed by atoms with Gasteiger partial charge >= 0.3 is 0 Å².